The Labute approximate surface area is 134 Å². The number of hydrogen-bond donors (Lipinski definition) is 0. The van der Waals surface area contributed by atoms with Crippen LogP contribution in [0, 0.1) is 18.3 Å². The number of benzene rings is 1. The molecule has 0 heterocycles. The van der Waals surface area contributed by atoms with Crippen LogP contribution < -0.4 is 0 Å². The molecule has 0 unspecified atom stereocenters. The zero-order chi connectivity index (χ0) is 16.4. The minimum atomic E-state index is -0.463. The molecule has 0 radical (unpaired) electrons. The SMILES string of the molecule is C#C[C@@H](CCCOCc1ccccc1)CC(=O)OC(C)(C)C. The molecule has 0 N–H and O–H groups in total. The fourth-order valence-electron chi connectivity index (χ4n) is 2.02. The van der Waals surface area contributed by atoms with E-state index >= 15 is 0 Å². The summed E-state index contributed by atoms with van der Waals surface area (Å²) >= 11 is 0. The van der Waals surface area contributed by atoms with Gasteiger partial charge in [-0.1, -0.05) is 30.3 Å². The topological polar surface area (TPSA) is 35.5 Å². The maximum absolute atomic E-state index is 11.8. The monoisotopic (exact) mass is 302 g/mol. The lowest BCUT2D eigenvalue weighted by molar-refractivity contribution is -0.155. The van der Waals surface area contributed by atoms with Crippen LogP contribution in [0.25, 0.3) is 0 Å². The van der Waals surface area contributed by atoms with E-state index in [2.05, 4.69) is 5.92 Å². The van der Waals surface area contributed by atoms with Crippen molar-refractivity contribution >= 4 is 5.97 Å². The molecule has 1 aromatic carbocycles. The van der Waals surface area contributed by atoms with Gasteiger partial charge in [0.05, 0.1) is 13.0 Å². The Morgan fingerprint density at radius 1 is 1.27 bits per heavy atom. The van der Waals surface area contributed by atoms with Gasteiger partial charge in [-0.3, -0.25) is 4.79 Å². The van der Waals surface area contributed by atoms with Gasteiger partial charge in [-0.05, 0) is 39.2 Å². The Morgan fingerprint density at radius 3 is 2.55 bits per heavy atom. The van der Waals surface area contributed by atoms with Crippen molar-refractivity contribution in [3.05, 3.63) is 35.9 Å². The smallest absolute Gasteiger partial charge is 0.307 e. The summed E-state index contributed by atoms with van der Waals surface area (Å²) in [6, 6.07) is 10.0. The van der Waals surface area contributed by atoms with Crippen molar-refractivity contribution in [2.24, 2.45) is 5.92 Å². The summed E-state index contributed by atoms with van der Waals surface area (Å²) in [4.78, 5) is 11.8. The van der Waals surface area contributed by atoms with Crippen LogP contribution in [0.3, 0.4) is 0 Å². The Kier molecular flexibility index (Phi) is 7.70. The first-order chi connectivity index (χ1) is 10.4. The summed E-state index contributed by atoms with van der Waals surface area (Å²) < 4.78 is 10.9. The van der Waals surface area contributed by atoms with Crippen LogP contribution in [0.2, 0.25) is 0 Å². The molecule has 3 heteroatoms. The second-order valence-corrected chi connectivity index (χ2v) is 6.33. The number of hydrogen-bond acceptors (Lipinski definition) is 3. The number of terminal acetylenes is 1. The minimum Gasteiger partial charge on any atom is -0.460 e. The highest BCUT2D eigenvalue weighted by Gasteiger charge is 2.19. The lowest BCUT2D eigenvalue weighted by Crippen LogP contribution is -2.25. The molecule has 0 saturated heterocycles. The second kappa shape index (κ2) is 9.27. The largest absolute Gasteiger partial charge is 0.460 e. The first kappa shape index (κ1) is 18.3. The van der Waals surface area contributed by atoms with Crippen molar-refractivity contribution in [3.63, 3.8) is 0 Å². The van der Waals surface area contributed by atoms with Crippen molar-refractivity contribution in [1.82, 2.24) is 0 Å². The van der Waals surface area contributed by atoms with E-state index in [1.165, 1.54) is 0 Å². The van der Waals surface area contributed by atoms with E-state index in [-0.39, 0.29) is 18.3 Å². The average molecular weight is 302 g/mol. The maximum Gasteiger partial charge on any atom is 0.307 e. The number of carbonyl (C=O) groups excluding carboxylic acids is 1. The summed E-state index contributed by atoms with van der Waals surface area (Å²) in [5.41, 5.74) is 0.694. The molecule has 3 nitrogen and oxygen atoms in total. The fourth-order valence-corrected chi connectivity index (χ4v) is 2.02. The molecule has 1 aromatic rings. The molecule has 0 aliphatic carbocycles. The van der Waals surface area contributed by atoms with Crippen molar-refractivity contribution in [1.29, 1.82) is 0 Å². The molecule has 0 aliphatic rings. The van der Waals surface area contributed by atoms with Gasteiger partial charge < -0.3 is 9.47 Å². The van der Waals surface area contributed by atoms with Gasteiger partial charge in [0.15, 0.2) is 0 Å². The maximum atomic E-state index is 11.8. The Hall–Kier alpha value is -1.79. The lowest BCUT2D eigenvalue weighted by Gasteiger charge is -2.20. The summed E-state index contributed by atoms with van der Waals surface area (Å²) in [6.07, 6.45) is 7.37. The van der Waals surface area contributed by atoms with E-state index in [4.69, 9.17) is 15.9 Å². The first-order valence-corrected chi connectivity index (χ1v) is 7.70. The molecule has 1 rings (SSSR count). The van der Waals surface area contributed by atoms with Crippen LogP contribution in [0.5, 0.6) is 0 Å². The molecule has 0 amide bonds. The number of esters is 1. The Morgan fingerprint density at radius 2 is 1.95 bits per heavy atom. The van der Waals surface area contributed by atoms with Crippen LogP contribution in [-0.4, -0.2) is 18.2 Å². The van der Waals surface area contributed by atoms with Crippen molar-refractivity contribution in [2.45, 2.75) is 52.2 Å². The normalized spacial score (nSPS) is 12.5. The summed E-state index contributed by atoms with van der Waals surface area (Å²) in [7, 11) is 0. The van der Waals surface area contributed by atoms with E-state index in [1.807, 2.05) is 51.1 Å². The summed E-state index contributed by atoms with van der Waals surface area (Å²) in [5, 5.41) is 0. The summed E-state index contributed by atoms with van der Waals surface area (Å²) in [5.74, 6) is 2.35. The van der Waals surface area contributed by atoms with Gasteiger partial charge in [-0.2, -0.15) is 0 Å². The lowest BCUT2D eigenvalue weighted by atomic mass is 10.0. The molecule has 0 aromatic heterocycles. The number of carbonyl (C=O) groups is 1. The van der Waals surface area contributed by atoms with Gasteiger partial charge in [0.2, 0.25) is 0 Å². The zero-order valence-corrected chi connectivity index (χ0v) is 13.8. The molecule has 0 spiro atoms. The van der Waals surface area contributed by atoms with Gasteiger partial charge in [0, 0.05) is 12.5 Å². The highest BCUT2D eigenvalue weighted by molar-refractivity contribution is 5.70. The molecule has 120 valence electrons. The molecular formula is C19H26O3. The zero-order valence-electron chi connectivity index (χ0n) is 13.8. The van der Waals surface area contributed by atoms with Crippen molar-refractivity contribution in [2.75, 3.05) is 6.61 Å². The molecular weight excluding hydrogens is 276 g/mol. The highest BCUT2D eigenvalue weighted by atomic mass is 16.6. The van der Waals surface area contributed by atoms with Crippen LogP contribution in [0.15, 0.2) is 30.3 Å². The molecule has 1 atom stereocenters. The molecule has 22 heavy (non-hydrogen) atoms. The molecule has 0 bridgehead atoms. The number of rotatable bonds is 8. The van der Waals surface area contributed by atoms with E-state index in [9.17, 15) is 4.79 Å². The minimum absolute atomic E-state index is 0.0878. The molecule has 0 fully saturated rings. The van der Waals surface area contributed by atoms with E-state index in [0.717, 1.165) is 18.4 Å². The van der Waals surface area contributed by atoms with E-state index in [0.29, 0.717) is 13.2 Å². The third kappa shape index (κ3) is 8.49. The predicted octanol–water partition coefficient (Wildman–Crippen LogP) is 3.96. The first-order valence-electron chi connectivity index (χ1n) is 7.70. The van der Waals surface area contributed by atoms with Gasteiger partial charge in [-0.15, -0.1) is 12.3 Å². The molecule has 0 aliphatic heterocycles. The Bertz CT molecular complexity index is 480. The van der Waals surface area contributed by atoms with Crippen LogP contribution in [-0.2, 0) is 20.9 Å². The third-order valence-electron chi connectivity index (χ3n) is 3.02. The van der Waals surface area contributed by atoms with Crippen molar-refractivity contribution in [3.8, 4) is 12.3 Å². The fraction of sp³-hybridized carbons (Fsp3) is 0.526. The quantitative estimate of drug-likeness (QED) is 0.414. The summed E-state index contributed by atoms with van der Waals surface area (Å²) in [6.45, 7) is 6.81. The number of ether oxygens (including phenoxy) is 2. The van der Waals surface area contributed by atoms with Crippen LogP contribution >= 0.6 is 0 Å². The standard InChI is InChI=1S/C19H26O3/c1-5-16(14-18(20)22-19(2,3)4)12-9-13-21-15-17-10-7-6-8-11-17/h1,6-8,10-11,16H,9,12-15H2,2-4H3/t16-/m0/s1. The highest BCUT2D eigenvalue weighted by Crippen LogP contribution is 2.15. The van der Waals surface area contributed by atoms with Gasteiger partial charge in [-0.25, -0.2) is 0 Å². The predicted molar refractivity (Wildman–Crippen MR) is 88.1 cm³/mol. The van der Waals surface area contributed by atoms with E-state index < -0.39 is 5.60 Å². The van der Waals surface area contributed by atoms with Crippen LogP contribution in [0.4, 0.5) is 0 Å². The van der Waals surface area contributed by atoms with Gasteiger partial charge >= 0.3 is 5.97 Å². The van der Waals surface area contributed by atoms with Crippen LogP contribution in [0.1, 0.15) is 45.6 Å². The second-order valence-electron chi connectivity index (χ2n) is 6.33. The third-order valence-corrected chi connectivity index (χ3v) is 3.02. The van der Waals surface area contributed by atoms with Gasteiger partial charge in [0.1, 0.15) is 5.60 Å². The molecule has 0 saturated carbocycles. The van der Waals surface area contributed by atoms with Gasteiger partial charge in [0.25, 0.3) is 0 Å². The van der Waals surface area contributed by atoms with E-state index in [1.54, 1.807) is 0 Å². The Balaban J connectivity index is 2.19. The average Bonchev–Trinajstić information content (AvgIpc) is 2.44. The van der Waals surface area contributed by atoms with Crippen molar-refractivity contribution < 1.29 is 14.3 Å².